The second kappa shape index (κ2) is 7.02. The Labute approximate surface area is 156 Å². The van der Waals surface area contributed by atoms with Gasteiger partial charge in [-0.3, -0.25) is 4.79 Å². The predicted octanol–water partition coefficient (Wildman–Crippen LogP) is 2.80. The molecular formula is C18H19NO5S2. The van der Waals surface area contributed by atoms with Crippen LogP contribution >= 0.6 is 11.3 Å². The van der Waals surface area contributed by atoms with E-state index in [1.165, 1.54) is 21.7 Å². The molecule has 26 heavy (non-hydrogen) atoms. The molecule has 8 heteroatoms. The van der Waals surface area contributed by atoms with Crippen LogP contribution in [0.2, 0.25) is 0 Å². The molecule has 2 aromatic rings. The van der Waals surface area contributed by atoms with Gasteiger partial charge in [0.2, 0.25) is 10.0 Å². The first-order valence-electron chi connectivity index (χ1n) is 8.53. The summed E-state index contributed by atoms with van der Waals surface area (Å²) in [5.74, 6) is 1.03. The lowest BCUT2D eigenvalue weighted by atomic mass is 9.93. The Morgan fingerprint density at radius 2 is 1.81 bits per heavy atom. The summed E-state index contributed by atoms with van der Waals surface area (Å²) in [5.41, 5.74) is 0. The first kappa shape index (κ1) is 17.5. The highest BCUT2D eigenvalue weighted by Crippen LogP contribution is 2.34. The largest absolute Gasteiger partial charge is 0.486 e. The van der Waals surface area contributed by atoms with Crippen molar-refractivity contribution in [2.75, 3.05) is 26.3 Å². The van der Waals surface area contributed by atoms with Gasteiger partial charge in [0, 0.05) is 25.1 Å². The zero-order valence-corrected chi connectivity index (χ0v) is 15.7. The number of ketones is 1. The van der Waals surface area contributed by atoms with E-state index in [9.17, 15) is 13.2 Å². The Bertz CT molecular complexity index is 900. The lowest BCUT2D eigenvalue weighted by molar-refractivity contribution is 0.0879. The minimum atomic E-state index is -3.61. The summed E-state index contributed by atoms with van der Waals surface area (Å²) >= 11 is 1.43. The van der Waals surface area contributed by atoms with Crippen LogP contribution < -0.4 is 9.47 Å². The van der Waals surface area contributed by atoms with Crippen molar-refractivity contribution in [3.05, 3.63) is 40.6 Å². The Kier molecular flexibility index (Phi) is 4.73. The highest BCUT2D eigenvalue weighted by atomic mass is 32.2. The summed E-state index contributed by atoms with van der Waals surface area (Å²) in [6.07, 6.45) is 1.08. The average molecular weight is 393 g/mol. The molecule has 0 radical (unpaired) electrons. The Morgan fingerprint density at radius 1 is 1.08 bits per heavy atom. The summed E-state index contributed by atoms with van der Waals surface area (Å²) in [4.78, 5) is 13.4. The number of nitrogens with zero attached hydrogens (tertiary/aromatic N) is 1. The molecule has 2 aliphatic heterocycles. The first-order valence-corrected chi connectivity index (χ1v) is 10.9. The van der Waals surface area contributed by atoms with Crippen LogP contribution in [0, 0.1) is 5.92 Å². The topological polar surface area (TPSA) is 72.9 Å². The molecule has 0 saturated carbocycles. The molecule has 0 atom stereocenters. The third-order valence-electron chi connectivity index (χ3n) is 4.74. The lowest BCUT2D eigenvalue weighted by Crippen LogP contribution is -2.40. The van der Waals surface area contributed by atoms with Gasteiger partial charge >= 0.3 is 0 Å². The molecule has 0 amide bonds. The molecule has 2 aliphatic rings. The molecule has 6 nitrogen and oxygen atoms in total. The van der Waals surface area contributed by atoms with Crippen LogP contribution in [0.1, 0.15) is 22.5 Å². The summed E-state index contributed by atoms with van der Waals surface area (Å²) in [5, 5.41) is 1.88. The van der Waals surface area contributed by atoms with Gasteiger partial charge in [-0.2, -0.15) is 4.31 Å². The molecule has 1 aromatic heterocycles. The fourth-order valence-corrected chi connectivity index (χ4v) is 5.54. The van der Waals surface area contributed by atoms with Crippen LogP contribution in [0.5, 0.6) is 11.5 Å². The number of Topliss-reactive ketones (excluding diaryl/α,β-unsaturated/α-hetero) is 1. The third-order valence-corrected chi connectivity index (χ3v) is 7.52. The van der Waals surface area contributed by atoms with Crippen molar-refractivity contribution in [1.82, 2.24) is 4.31 Å². The SMILES string of the molecule is O=C(c1cccs1)C1CCN(S(=O)(=O)c2ccc3c(c2)OCCO3)CC1. The van der Waals surface area contributed by atoms with Gasteiger partial charge < -0.3 is 9.47 Å². The molecule has 1 aromatic carbocycles. The van der Waals surface area contributed by atoms with E-state index in [2.05, 4.69) is 0 Å². The molecule has 4 rings (SSSR count). The molecule has 0 aliphatic carbocycles. The number of ether oxygens (including phenoxy) is 2. The molecule has 1 fully saturated rings. The molecule has 0 spiro atoms. The fourth-order valence-electron chi connectivity index (χ4n) is 3.31. The normalized spacial score (nSPS) is 18.6. The van der Waals surface area contributed by atoms with Crippen molar-refractivity contribution in [1.29, 1.82) is 0 Å². The molecular weight excluding hydrogens is 374 g/mol. The van der Waals surface area contributed by atoms with Gasteiger partial charge in [0.15, 0.2) is 17.3 Å². The minimum Gasteiger partial charge on any atom is -0.486 e. The van der Waals surface area contributed by atoms with E-state index in [0.29, 0.717) is 50.6 Å². The molecule has 3 heterocycles. The molecule has 0 unspecified atom stereocenters. The second-order valence-electron chi connectivity index (χ2n) is 6.33. The van der Waals surface area contributed by atoms with Crippen LogP contribution in [-0.2, 0) is 10.0 Å². The van der Waals surface area contributed by atoms with Crippen LogP contribution in [0.4, 0.5) is 0 Å². The summed E-state index contributed by atoms with van der Waals surface area (Å²) in [6.45, 7) is 1.56. The van der Waals surface area contributed by atoms with Gasteiger partial charge in [0.05, 0.1) is 9.77 Å². The molecule has 0 bridgehead atoms. The Hall–Kier alpha value is -1.90. The van der Waals surface area contributed by atoms with Crippen molar-refractivity contribution in [3.63, 3.8) is 0 Å². The van der Waals surface area contributed by atoms with Crippen LogP contribution in [0.15, 0.2) is 40.6 Å². The van der Waals surface area contributed by atoms with Crippen molar-refractivity contribution in [2.45, 2.75) is 17.7 Å². The number of hydrogen-bond donors (Lipinski definition) is 0. The fraction of sp³-hybridized carbons (Fsp3) is 0.389. The molecule has 0 N–H and O–H groups in total. The zero-order valence-electron chi connectivity index (χ0n) is 14.1. The standard InChI is InChI=1S/C18H19NO5S2/c20-18(17-2-1-11-25-17)13-5-7-19(8-6-13)26(21,22)14-3-4-15-16(12-14)24-10-9-23-15/h1-4,11-13H,5-10H2. The quantitative estimate of drug-likeness (QED) is 0.747. The molecule has 1 saturated heterocycles. The first-order chi connectivity index (χ1) is 12.6. The number of piperidine rings is 1. The number of benzene rings is 1. The average Bonchev–Trinajstić information content (AvgIpc) is 3.22. The van der Waals surface area contributed by atoms with E-state index in [-0.39, 0.29) is 16.6 Å². The van der Waals surface area contributed by atoms with E-state index in [0.717, 1.165) is 4.88 Å². The summed E-state index contributed by atoms with van der Waals surface area (Å²) < 4.78 is 38.2. The Balaban J connectivity index is 1.47. The number of thiophene rings is 1. The highest BCUT2D eigenvalue weighted by molar-refractivity contribution is 7.89. The van der Waals surface area contributed by atoms with E-state index in [4.69, 9.17) is 9.47 Å². The van der Waals surface area contributed by atoms with Gasteiger partial charge in [-0.25, -0.2) is 8.42 Å². The number of fused-ring (bicyclic) bond motifs is 1. The maximum Gasteiger partial charge on any atom is 0.243 e. The molecule has 138 valence electrons. The Morgan fingerprint density at radius 3 is 2.50 bits per heavy atom. The number of carbonyl (C=O) groups is 1. The van der Waals surface area contributed by atoms with Crippen LogP contribution in [-0.4, -0.2) is 44.8 Å². The smallest absolute Gasteiger partial charge is 0.243 e. The van der Waals surface area contributed by atoms with E-state index in [1.54, 1.807) is 12.1 Å². The van der Waals surface area contributed by atoms with Gasteiger partial charge in [0.1, 0.15) is 13.2 Å². The third kappa shape index (κ3) is 3.24. The van der Waals surface area contributed by atoms with Gasteiger partial charge in [-0.15, -0.1) is 11.3 Å². The van der Waals surface area contributed by atoms with Crippen molar-refractivity contribution in [2.24, 2.45) is 5.92 Å². The zero-order chi connectivity index (χ0) is 18.1. The predicted molar refractivity (Wildman–Crippen MR) is 97.6 cm³/mol. The van der Waals surface area contributed by atoms with Gasteiger partial charge in [-0.05, 0) is 36.4 Å². The van der Waals surface area contributed by atoms with E-state index < -0.39 is 10.0 Å². The van der Waals surface area contributed by atoms with Crippen molar-refractivity contribution >= 4 is 27.1 Å². The second-order valence-corrected chi connectivity index (χ2v) is 9.21. The van der Waals surface area contributed by atoms with Crippen LogP contribution in [0.25, 0.3) is 0 Å². The van der Waals surface area contributed by atoms with Gasteiger partial charge in [0.25, 0.3) is 0 Å². The maximum absolute atomic E-state index is 12.9. The van der Waals surface area contributed by atoms with E-state index >= 15 is 0 Å². The number of hydrogen-bond acceptors (Lipinski definition) is 6. The monoisotopic (exact) mass is 393 g/mol. The van der Waals surface area contributed by atoms with Crippen LogP contribution in [0.3, 0.4) is 0 Å². The summed E-state index contributed by atoms with van der Waals surface area (Å²) in [6, 6.07) is 8.39. The number of sulfonamides is 1. The highest BCUT2D eigenvalue weighted by Gasteiger charge is 2.33. The van der Waals surface area contributed by atoms with E-state index in [1.807, 2.05) is 17.5 Å². The van der Waals surface area contributed by atoms with Crippen molar-refractivity contribution in [3.8, 4) is 11.5 Å². The number of carbonyl (C=O) groups excluding carboxylic acids is 1. The maximum atomic E-state index is 12.9. The lowest BCUT2D eigenvalue weighted by Gasteiger charge is -2.30. The van der Waals surface area contributed by atoms with Gasteiger partial charge in [-0.1, -0.05) is 6.07 Å². The number of rotatable bonds is 4. The van der Waals surface area contributed by atoms with Crippen molar-refractivity contribution < 1.29 is 22.7 Å². The summed E-state index contributed by atoms with van der Waals surface area (Å²) in [7, 11) is -3.61. The minimum absolute atomic E-state index is 0.111.